The molecular weight excluding hydrogens is 352 g/mol. The molecule has 0 aliphatic carbocycles. The molecule has 154 valence electrons. The summed E-state index contributed by atoms with van der Waals surface area (Å²) >= 11 is 0. The molecule has 0 radical (unpaired) electrons. The van der Waals surface area contributed by atoms with Crippen LogP contribution in [-0.2, 0) is 9.59 Å². The highest BCUT2D eigenvalue weighted by atomic mass is 16.5. The van der Waals surface area contributed by atoms with E-state index in [4.69, 9.17) is 4.74 Å². The Hall–Kier alpha value is -2.04. The van der Waals surface area contributed by atoms with Gasteiger partial charge in [-0.25, -0.2) is 0 Å². The Bertz CT molecular complexity index is 645. The number of ether oxygens (including phenoxy) is 1. The van der Waals surface area contributed by atoms with Gasteiger partial charge in [0.15, 0.2) is 0 Å². The third-order valence-corrected chi connectivity index (χ3v) is 5.91. The maximum absolute atomic E-state index is 12.8. The van der Waals surface area contributed by atoms with E-state index in [9.17, 15) is 9.59 Å². The number of likely N-dealkylation sites (tertiary alicyclic amines) is 2. The second-order valence-corrected chi connectivity index (χ2v) is 8.16. The van der Waals surface area contributed by atoms with E-state index >= 15 is 0 Å². The Morgan fingerprint density at radius 1 is 1.00 bits per heavy atom. The zero-order valence-corrected chi connectivity index (χ0v) is 17.2. The van der Waals surface area contributed by atoms with E-state index in [2.05, 4.69) is 4.90 Å². The standard InChI is InChI=1S/C23H34N2O3/c1-19-8-6-9-21(18-19)28-17-7-10-22(26)24-15-11-20(12-16-24)23(27)25-13-4-2-3-5-14-25/h6,8-9,18,20H,2-5,7,10-17H2,1H3. The van der Waals surface area contributed by atoms with Gasteiger partial charge in [0.25, 0.3) is 0 Å². The highest BCUT2D eigenvalue weighted by Gasteiger charge is 2.30. The van der Waals surface area contributed by atoms with Crippen molar-refractivity contribution < 1.29 is 14.3 Å². The first-order valence-electron chi connectivity index (χ1n) is 10.9. The minimum Gasteiger partial charge on any atom is -0.494 e. The summed E-state index contributed by atoms with van der Waals surface area (Å²) < 4.78 is 5.73. The zero-order valence-electron chi connectivity index (χ0n) is 17.2. The molecule has 2 aliphatic rings. The van der Waals surface area contributed by atoms with E-state index in [0.29, 0.717) is 32.0 Å². The number of carbonyl (C=O) groups is 2. The van der Waals surface area contributed by atoms with Gasteiger partial charge in [-0.1, -0.05) is 25.0 Å². The molecule has 0 N–H and O–H groups in total. The number of carbonyl (C=O) groups excluding carboxylic acids is 2. The average Bonchev–Trinajstić information content (AvgIpc) is 3.00. The second kappa shape index (κ2) is 10.5. The van der Waals surface area contributed by atoms with Gasteiger partial charge in [-0.2, -0.15) is 0 Å². The van der Waals surface area contributed by atoms with Crippen LogP contribution >= 0.6 is 0 Å². The molecule has 2 amide bonds. The minimum atomic E-state index is 0.104. The highest BCUT2D eigenvalue weighted by Crippen LogP contribution is 2.22. The van der Waals surface area contributed by atoms with E-state index in [1.165, 1.54) is 18.4 Å². The molecular formula is C23H34N2O3. The van der Waals surface area contributed by atoms with Crippen molar-refractivity contribution in [3.8, 4) is 5.75 Å². The minimum absolute atomic E-state index is 0.104. The summed E-state index contributed by atoms with van der Waals surface area (Å²) in [6.07, 6.45) is 7.59. The Kier molecular flexibility index (Phi) is 7.75. The molecule has 2 fully saturated rings. The molecule has 3 rings (SSSR count). The second-order valence-electron chi connectivity index (χ2n) is 8.16. The summed E-state index contributed by atoms with van der Waals surface area (Å²) in [7, 11) is 0. The first kappa shape index (κ1) is 20.7. The fourth-order valence-electron chi connectivity index (χ4n) is 4.20. The van der Waals surface area contributed by atoms with E-state index in [0.717, 1.165) is 50.9 Å². The number of hydrogen-bond donors (Lipinski definition) is 0. The number of hydrogen-bond acceptors (Lipinski definition) is 3. The average molecular weight is 387 g/mol. The lowest BCUT2D eigenvalue weighted by atomic mass is 9.95. The molecule has 5 nitrogen and oxygen atoms in total. The first-order valence-corrected chi connectivity index (χ1v) is 10.9. The third-order valence-electron chi connectivity index (χ3n) is 5.91. The maximum Gasteiger partial charge on any atom is 0.225 e. The van der Waals surface area contributed by atoms with E-state index < -0.39 is 0 Å². The molecule has 0 unspecified atom stereocenters. The lowest BCUT2D eigenvalue weighted by Crippen LogP contribution is -2.44. The topological polar surface area (TPSA) is 49.9 Å². The lowest BCUT2D eigenvalue weighted by molar-refractivity contribution is -0.140. The van der Waals surface area contributed by atoms with Crippen molar-refractivity contribution in [1.29, 1.82) is 0 Å². The summed E-state index contributed by atoms with van der Waals surface area (Å²) in [5.41, 5.74) is 1.17. The monoisotopic (exact) mass is 386 g/mol. The van der Waals surface area contributed by atoms with Gasteiger partial charge in [0, 0.05) is 38.5 Å². The molecule has 2 saturated heterocycles. The lowest BCUT2D eigenvalue weighted by Gasteiger charge is -2.34. The number of piperidine rings is 1. The Balaban J connectivity index is 1.34. The molecule has 0 aromatic heterocycles. The van der Waals surface area contributed by atoms with Gasteiger partial charge < -0.3 is 14.5 Å². The zero-order chi connectivity index (χ0) is 19.8. The van der Waals surface area contributed by atoms with Gasteiger partial charge in [-0.15, -0.1) is 0 Å². The molecule has 0 atom stereocenters. The van der Waals surface area contributed by atoms with Gasteiger partial charge in [0.1, 0.15) is 5.75 Å². The fraction of sp³-hybridized carbons (Fsp3) is 0.652. The van der Waals surface area contributed by atoms with Gasteiger partial charge in [-0.05, 0) is 56.7 Å². The van der Waals surface area contributed by atoms with Crippen molar-refractivity contribution >= 4 is 11.8 Å². The largest absolute Gasteiger partial charge is 0.494 e. The van der Waals surface area contributed by atoms with Crippen LogP contribution in [0.5, 0.6) is 5.75 Å². The summed E-state index contributed by atoms with van der Waals surface area (Å²) in [6, 6.07) is 7.97. The van der Waals surface area contributed by atoms with Gasteiger partial charge in [-0.3, -0.25) is 9.59 Å². The SMILES string of the molecule is Cc1cccc(OCCCC(=O)N2CCC(C(=O)N3CCCCCC3)CC2)c1. The summed E-state index contributed by atoms with van der Waals surface area (Å²) in [4.78, 5) is 29.2. The van der Waals surface area contributed by atoms with E-state index in [-0.39, 0.29) is 11.8 Å². The Morgan fingerprint density at radius 3 is 2.39 bits per heavy atom. The smallest absolute Gasteiger partial charge is 0.225 e. The van der Waals surface area contributed by atoms with Crippen LogP contribution in [0.15, 0.2) is 24.3 Å². The van der Waals surface area contributed by atoms with Crippen LogP contribution in [0.2, 0.25) is 0 Å². The fourth-order valence-corrected chi connectivity index (χ4v) is 4.20. The molecule has 28 heavy (non-hydrogen) atoms. The molecule has 5 heteroatoms. The number of amides is 2. The van der Waals surface area contributed by atoms with Crippen LogP contribution in [0, 0.1) is 12.8 Å². The van der Waals surface area contributed by atoms with Crippen molar-refractivity contribution in [1.82, 2.24) is 9.80 Å². The summed E-state index contributed by atoms with van der Waals surface area (Å²) in [5, 5.41) is 0. The van der Waals surface area contributed by atoms with Crippen molar-refractivity contribution in [3.05, 3.63) is 29.8 Å². The molecule has 2 heterocycles. The number of rotatable bonds is 6. The van der Waals surface area contributed by atoms with Crippen molar-refractivity contribution in [2.24, 2.45) is 5.92 Å². The Morgan fingerprint density at radius 2 is 1.71 bits per heavy atom. The summed E-state index contributed by atoms with van der Waals surface area (Å²) in [5.74, 6) is 1.47. The molecule has 0 saturated carbocycles. The molecule has 1 aromatic rings. The van der Waals surface area contributed by atoms with E-state index in [1.807, 2.05) is 36.1 Å². The first-order chi connectivity index (χ1) is 13.6. The normalized spacial score (nSPS) is 18.6. The quantitative estimate of drug-likeness (QED) is 0.699. The molecule has 1 aromatic carbocycles. The molecule has 2 aliphatic heterocycles. The van der Waals surface area contributed by atoms with Crippen LogP contribution in [0.3, 0.4) is 0 Å². The van der Waals surface area contributed by atoms with Crippen LogP contribution < -0.4 is 4.74 Å². The van der Waals surface area contributed by atoms with Gasteiger partial charge in [0.2, 0.25) is 11.8 Å². The predicted octanol–water partition coefficient (Wildman–Crippen LogP) is 3.80. The van der Waals surface area contributed by atoms with Gasteiger partial charge in [0.05, 0.1) is 6.61 Å². The van der Waals surface area contributed by atoms with Crippen LogP contribution in [0.4, 0.5) is 0 Å². The van der Waals surface area contributed by atoms with Crippen LogP contribution in [0.1, 0.15) is 56.9 Å². The predicted molar refractivity (Wildman–Crippen MR) is 110 cm³/mol. The van der Waals surface area contributed by atoms with Crippen molar-refractivity contribution in [2.45, 2.75) is 58.3 Å². The maximum atomic E-state index is 12.8. The Labute approximate surface area is 169 Å². The number of benzene rings is 1. The van der Waals surface area contributed by atoms with Crippen LogP contribution in [0.25, 0.3) is 0 Å². The number of aryl methyl sites for hydroxylation is 1. The number of nitrogens with zero attached hydrogens (tertiary/aromatic N) is 2. The van der Waals surface area contributed by atoms with Gasteiger partial charge >= 0.3 is 0 Å². The molecule has 0 bridgehead atoms. The third kappa shape index (κ3) is 5.98. The van der Waals surface area contributed by atoms with Crippen LogP contribution in [-0.4, -0.2) is 54.4 Å². The molecule has 0 spiro atoms. The van der Waals surface area contributed by atoms with E-state index in [1.54, 1.807) is 0 Å². The van der Waals surface area contributed by atoms with Crippen molar-refractivity contribution in [3.63, 3.8) is 0 Å². The summed E-state index contributed by atoms with van der Waals surface area (Å²) in [6.45, 7) is 5.85. The highest BCUT2D eigenvalue weighted by molar-refractivity contribution is 5.80. The van der Waals surface area contributed by atoms with Crippen molar-refractivity contribution in [2.75, 3.05) is 32.8 Å².